The molecule has 1 fully saturated rings. The Labute approximate surface area is 166 Å². The number of benzene rings is 1. The lowest BCUT2D eigenvalue weighted by Crippen LogP contribution is -2.46. The zero-order valence-electron chi connectivity index (χ0n) is 17.1. The average molecular weight is 393 g/mol. The van der Waals surface area contributed by atoms with Gasteiger partial charge in [-0.1, -0.05) is 0 Å². The summed E-state index contributed by atoms with van der Waals surface area (Å²) in [5.74, 6) is 1.76. The zero-order chi connectivity index (χ0) is 20.5. The summed E-state index contributed by atoms with van der Waals surface area (Å²) >= 11 is 0. The van der Waals surface area contributed by atoms with Crippen molar-refractivity contribution in [3.05, 3.63) is 23.8 Å². The first-order valence-corrected chi connectivity index (χ1v) is 9.55. The Morgan fingerprint density at radius 2 is 2.00 bits per heavy atom. The van der Waals surface area contributed by atoms with Gasteiger partial charge in [-0.2, -0.15) is 0 Å². The van der Waals surface area contributed by atoms with Crippen LogP contribution in [0.3, 0.4) is 0 Å². The summed E-state index contributed by atoms with van der Waals surface area (Å²) in [5, 5.41) is 13.9. The predicted molar refractivity (Wildman–Crippen MR) is 107 cm³/mol. The molecule has 1 heterocycles. The van der Waals surface area contributed by atoms with Crippen molar-refractivity contribution in [1.29, 1.82) is 0 Å². The van der Waals surface area contributed by atoms with Crippen molar-refractivity contribution in [3.63, 3.8) is 0 Å². The van der Waals surface area contributed by atoms with E-state index in [2.05, 4.69) is 15.2 Å². The summed E-state index contributed by atoms with van der Waals surface area (Å²) in [6.07, 6.45) is 0.624. The summed E-state index contributed by atoms with van der Waals surface area (Å²) in [6, 6.07) is 5.31. The van der Waals surface area contributed by atoms with Crippen molar-refractivity contribution >= 4 is 11.9 Å². The number of aliphatic hydroxyl groups excluding tert-OH is 1. The van der Waals surface area contributed by atoms with Crippen LogP contribution < -0.4 is 14.8 Å². The van der Waals surface area contributed by atoms with Crippen molar-refractivity contribution in [2.45, 2.75) is 25.9 Å². The van der Waals surface area contributed by atoms with Gasteiger partial charge in [-0.3, -0.25) is 9.79 Å². The molecular formula is C20H31N3O5. The van der Waals surface area contributed by atoms with Crippen molar-refractivity contribution in [1.82, 2.24) is 10.2 Å². The van der Waals surface area contributed by atoms with Gasteiger partial charge < -0.3 is 29.5 Å². The van der Waals surface area contributed by atoms with E-state index in [1.165, 1.54) is 7.11 Å². The molecule has 0 radical (unpaired) electrons. The van der Waals surface area contributed by atoms with E-state index in [4.69, 9.17) is 14.2 Å². The van der Waals surface area contributed by atoms with Crippen LogP contribution in [-0.2, 0) is 9.53 Å². The van der Waals surface area contributed by atoms with E-state index < -0.39 is 6.10 Å². The van der Waals surface area contributed by atoms with E-state index in [0.717, 1.165) is 18.8 Å². The molecule has 1 aliphatic heterocycles. The molecule has 8 nitrogen and oxygen atoms in total. The van der Waals surface area contributed by atoms with Gasteiger partial charge in [0.05, 0.1) is 33.8 Å². The fraction of sp³-hybridized carbons (Fsp3) is 0.600. The summed E-state index contributed by atoms with van der Waals surface area (Å²) in [4.78, 5) is 18.4. The molecular weight excluding hydrogens is 362 g/mol. The highest BCUT2D eigenvalue weighted by Crippen LogP contribution is 2.29. The first-order valence-electron chi connectivity index (χ1n) is 9.55. The minimum absolute atomic E-state index is 0.0595. The Balaban J connectivity index is 2.07. The Kier molecular flexibility index (Phi) is 8.38. The number of carbonyl (C=O) groups excluding carboxylic acids is 1. The minimum atomic E-state index is -0.827. The molecule has 1 aromatic rings. The number of nitrogens with one attached hydrogen (secondary N) is 1. The smallest absolute Gasteiger partial charge is 0.308 e. The highest BCUT2D eigenvalue weighted by atomic mass is 16.5. The van der Waals surface area contributed by atoms with Crippen LogP contribution in [0.1, 0.15) is 31.4 Å². The second-order valence-corrected chi connectivity index (χ2v) is 6.60. The molecule has 1 atom stereocenters. The number of carbonyl (C=O) groups is 1. The monoisotopic (exact) mass is 393 g/mol. The van der Waals surface area contributed by atoms with Gasteiger partial charge >= 0.3 is 5.97 Å². The van der Waals surface area contributed by atoms with Crippen molar-refractivity contribution in [3.8, 4) is 11.5 Å². The van der Waals surface area contributed by atoms with E-state index in [-0.39, 0.29) is 18.4 Å². The molecule has 1 saturated heterocycles. The van der Waals surface area contributed by atoms with Gasteiger partial charge in [0.2, 0.25) is 0 Å². The number of methoxy groups -OCH3 is 3. The van der Waals surface area contributed by atoms with Gasteiger partial charge in [0.15, 0.2) is 5.96 Å². The number of likely N-dealkylation sites (tertiary alicyclic amines) is 1. The Bertz CT molecular complexity index is 672. The van der Waals surface area contributed by atoms with Gasteiger partial charge in [-0.15, -0.1) is 0 Å². The predicted octanol–water partition coefficient (Wildman–Crippen LogP) is 1.59. The Morgan fingerprint density at radius 1 is 1.29 bits per heavy atom. The Morgan fingerprint density at radius 3 is 2.57 bits per heavy atom. The average Bonchev–Trinajstić information content (AvgIpc) is 2.75. The number of hydrogen-bond acceptors (Lipinski definition) is 6. The van der Waals surface area contributed by atoms with Crippen molar-refractivity contribution in [2.75, 3.05) is 47.5 Å². The molecule has 1 unspecified atom stereocenters. The third-order valence-corrected chi connectivity index (χ3v) is 4.87. The van der Waals surface area contributed by atoms with E-state index in [1.807, 2.05) is 6.92 Å². The third kappa shape index (κ3) is 5.51. The number of guanidine groups is 1. The molecule has 28 heavy (non-hydrogen) atoms. The lowest BCUT2D eigenvalue weighted by atomic mass is 9.97. The number of esters is 1. The molecule has 1 aliphatic rings. The van der Waals surface area contributed by atoms with E-state index in [1.54, 1.807) is 32.4 Å². The van der Waals surface area contributed by atoms with Gasteiger partial charge in [-0.25, -0.2) is 0 Å². The number of aliphatic hydroxyl groups is 1. The van der Waals surface area contributed by atoms with Crippen LogP contribution >= 0.6 is 0 Å². The highest BCUT2D eigenvalue weighted by molar-refractivity contribution is 5.80. The molecule has 0 spiro atoms. The van der Waals surface area contributed by atoms with Crippen LogP contribution in [-0.4, -0.2) is 69.4 Å². The van der Waals surface area contributed by atoms with Gasteiger partial charge in [0.25, 0.3) is 0 Å². The molecule has 2 N–H and O–H groups in total. The molecule has 0 aromatic heterocycles. The topological polar surface area (TPSA) is 92.6 Å². The highest BCUT2D eigenvalue weighted by Gasteiger charge is 2.27. The minimum Gasteiger partial charge on any atom is -0.497 e. The molecule has 156 valence electrons. The molecule has 2 rings (SSSR count). The number of aliphatic imine (C=N–C) groups is 1. The number of ether oxygens (including phenoxy) is 3. The maximum absolute atomic E-state index is 11.7. The standard InChI is InChI=1S/C20H31N3O5/c1-5-21-20(23-10-8-14(9-11-23)19(25)28-4)22-13-17(24)16-12-15(26-2)6-7-18(16)27-3/h6-7,12,14,17,24H,5,8-11,13H2,1-4H3,(H,21,22). The van der Waals surface area contributed by atoms with Crippen LogP contribution in [0.25, 0.3) is 0 Å². The maximum Gasteiger partial charge on any atom is 0.308 e. The number of hydrogen-bond donors (Lipinski definition) is 2. The number of nitrogens with zero attached hydrogens (tertiary/aromatic N) is 2. The largest absolute Gasteiger partial charge is 0.497 e. The fourth-order valence-corrected chi connectivity index (χ4v) is 3.29. The second-order valence-electron chi connectivity index (χ2n) is 6.60. The SMILES string of the molecule is CCNC(=NCC(O)c1cc(OC)ccc1OC)N1CCC(C(=O)OC)CC1. The zero-order valence-corrected chi connectivity index (χ0v) is 17.1. The number of rotatable bonds is 7. The molecule has 0 amide bonds. The van der Waals surface area contributed by atoms with Crippen molar-refractivity contribution in [2.24, 2.45) is 10.9 Å². The molecule has 0 aliphatic carbocycles. The van der Waals surface area contributed by atoms with Gasteiger partial charge in [-0.05, 0) is 38.0 Å². The Hall–Kier alpha value is -2.48. The summed E-state index contributed by atoms with van der Waals surface area (Å²) in [5.41, 5.74) is 0.630. The van der Waals surface area contributed by atoms with Gasteiger partial charge in [0.1, 0.15) is 17.6 Å². The fourth-order valence-electron chi connectivity index (χ4n) is 3.29. The first kappa shape index (κ1) is 21.8. The van der Waals surface area contributed by atoms with Crippen LogP contribution in [0.15, 0.2) is 23.2 Å². The van der Waals surface area contributed by atoms with E-state index in [9.17, 15) is 9.90 Å². The first-order chi connectivity index (χ1) is 13.5. The molecule has 8 heteroatoms. The van der Waals surface area contributed by atoms with Gasteiger partial charge in [0, 0.05) is 25.2 Å². The summed E-state index contributed by atoms with van der Waals surface area (Å²) in [6.45, 7) is 4.32. The summed E-state index contributed by atoms with van der Waals surface area (Å²) < 4.78 is 15.4. The van der Waals surface area contributed by atoms with Crippen molar-refractivity contribution < 1.29 is 24.1 Å². The third-order valence-electron chi connectivity index (χ3n) is 4.87. The van der Waals surface area contributed by atoms with E-state index in [0.29, 0.717) is 36.7 Å². The number of piperidine rings is 1. The molecule has 0 saturated carbocycles. The molecule has 1 aromatic carbocycles. The quantitative estimate of drug-likeness (QED) is 0.413. The van der Waals surface area contributed by atoms with Crippen LogP contribution in [0.2, 0.25) is 0 Å². The van der Waals surface area contributed by atoms with Crippen LogP contribution in [0, 0.1) is 5.92 Å². The van der Waals surface area contributed by atoms with Crippen LogP contribution in [0.5, 0.6) is 11.5 Å². The lowest BCUT2D eigenvalue weighted by Gasteiger charge is -2.33. The van der Waals surface area contributed by atoms with Crippen LogP contribution in [0.4, 0.5) is 0 Å². The normalized spacial score (nSPS) is 16.5. The summed E-state index contributed by atoms with van der Waals surface area (Å²) in [7, 11) is 4.57. The molecule has 0 bridgehead atoms. The second kappa shape index (κ2) is 10.8. The lowest BCUT2D eigenvalue weighted by molar-refractivity contribution is -0.146. The maximum atomic E-state index is 11.7. The van der Waals surface area contributed by atoms with E-state index >= 15 is 0 Å².